The normalized spacial score (nSPS) is 18.2. The number of piperazine rings is 1. The quantitative estimate of drug-likeness (QED) is 0.474. The summed E-state index contributed by atoms with van der Waals surface area (Å²) in [4.78, 5) is 9.77. The fourth-order valence-corrected chi connectivity index (χ4v) is 4.19. The van der Waals surface area contributed by atoms with Gasteiger partial charge in [-0.1, -0.05) is 19.9 Å². The molecule has 2 aliphatic heterocycles. The number of nitrogens with one attached hydrogen (secondary N) is 1. The average Bonchev–Trinajstić information content (AvgIpc) is 3.19. The van der Waals surface area contributed by atoms with E-state index in [9.17, 15) is 5.11 Å². The second kappa shape index (κ2) is 11.4. The van der Waals surface area contributed by atoms with Gasteiger partial charge in [-0.25, -0.2) is 0 Å². The van der Waals surface area contributed by atoms with Crippen LogP contribution in [0.5, 0.6) is 11.5 Å². The summed E-state index contributed by atoms with van der Waals surface area (Å²) in [6.45, 7) is 13.6. The van der Waals surface area contributed by atoms with Crippen LogP contribution < -0.4 is 14.8 Å². The van der Waals surface area contributed by atoms with Gasteiger partial charge in [-0.05, 0) is 49.3 Å². The summed E-state index contributed by atoms with van der Waals surface area (Å²) >= 11 is 0. The number of benzene rings is 1. The van der Waals surface area contributed by atoms with Gasteiger partial charge in [-0.3, -0.25) is 9.89 Å². The van der Waals surface area contributed by atoms with Crippen LogP contribution in [0.25, 0.3) is 0 Å². The smallest absolute Gasteiger partial charge is 0.231 e. The molecule has 0 aliphatic carbocycles. The van der Waals surface area contributed by atoms with Gasteiger partial charge in [0.05, 0.1) is 0 Å². The SMILES string of the molecule is CCNC(=NCC(CCO)CC(C)C)N1CCN(Cc2ccc3c(c2)OCO3)CC1. The van der Waals surface area contributed by atoms with Gasteiger partial charge in [0.15, 0.2) is 17.5 Å². The molecule has 1 aromatic carbocycles. The molecule has 1 aromatic rings. The van der Waals surface area contributed by atoms with Gasteiger partial charge in [0.1, 0.15) is 0 Å². The number of aliphatic imine (C=N–C) groups is 1. The van der Waals surface area contributed by atoms with Crippen molar-refractivity contribution in [3.63, 3.8) is 0 Å². The maximum absolute atomic E-state index is 9.37. The third kappa shape index (κ3) is 6.51. The largest absolute Gasteiger partial charge is 0.454 e. The van der Waals surface area contributed by atoms with Crippen molar-refractivity contribution in [2.45, 2.75) is 40.2 Å². The van der Waals surface area contributed by atoms with E-state index in [1.807, 2.05) is 6.07 Å². The zero-order valence-electron chi connectivity index (χ0n) is 18.8. The monoisotopic (exact) mass is 418 g/mol. The topological polar surface area (TPSA) is 69.6 Å². The summed E-state index contributed by atoms with van der Waals surface area (Å²) in [6.07, 6.45) is 1.93. The Morgan fingerprint density at radius 1 is 1.17 bits per heavy atom. The van der Waals surface area contributed by atoms with Crippen LogP contribution in [-0.4, -0.2) is 73.5 Å². The first-order valence-electron chi connectivity index (χ1n) is 11.3. The van der Waals surface area contributed by atoms with Crippen LogP contribution in [-0.2, 0) is 6.54 Å². The van der Waals surface area contributed by atoms with Crippen LogP contribution >= 0.6 is 0 Å². The van der Waals surface area contributed by atoms with E-state index in [1.54, 1.807) is 0 Å². The minimum atomic E-state index is 0.238. The first-order chi connectivity index (χ1) is 14.6. The highest BCUT2D eigenvalue weighted by Crippen LogP contribution is 2.32. The number of rotatable bonds is 9. The molecule has 0 amide bonds. The molecular formula is C23H38N4O3. The van der Waals surface area contributed by atoms with Crippen molar-refractivity contribution in [1.82, 2.24) is 15.1 Å². The summed E-state index contributed by atoms with van der Waals surface area (Å²) < 4.78 is 10.9. The molecule has 1 atom stereocenters. The van der Waals surface area contributed by atoms with Crippen molar-refractivity contribution in [2.24, 2.45) is 16.8 Å². The molecular weight excluding hydrogens is 380 g/mol. The number of aliphatic hydroxyl groups excluding tert-OH is 1. The van der Waals surface area contributed by atoms with Gasteiger partial charge >= 0.3 is 0 Å². The van der Waals surface area contributed by atoms with Crippen molar-refractivity contribution in [3.05, 3.63) is 23.8 Å². The average molecular weight is 419 g/mol. The Kier molecular flexibility index (Phi) is 8.63. The van der Waals surface area contributed by atoms with Crippen molar-refractivity contribution in [2.75, 3.05) is 52.7 Å². The lowest BCUT2D eigenvalue weighted by Crippen LogP contribution is -2.52. The van der Waals surface area contributed by atoms with Gasteiger partial charge in [0.2, 0.25) is 6.79 Å². The number of nitrogens with zero attached hydrogens (tertiary/aromatic N) is 3. The molecule has 0 aromatic heterocycles. The highest BCUT2D eigenvalue weighted by molar-refractivity contribution is 5.80. The van der Waals surface area contributed by atoms with Gasteiger partial charge in [-0.2, -0.15) is 0 Å². The van der Waals surface area contributed by atoms with E-state index in [-0.39, 0.29) is 6.61 Å². The van der Waals surface area contributed by atoms with E-state index in [1.165, 1.54) is 5.56 Å². The number of guanidine groups is 1. The molecule has 7 nitrogen and oxygen atoms in total. The Balaban J connectivity index is 1.52. The van der Waals surface area contributed by atoms with E-state index in [0.717, 1.165) is 76.1 Å². The Morgan fingerprint density at radius 3 is 2.63 bits per heavy atom. The molecule has 2 heterocycles. The zero-order valence-corrected chi connectivity index (χ0v) is 18.8. The third-order valence-electron chi connectivity index (χ3n) is 5.69. The Hall–Kier alpha value is -1.99. The lowest BCUT2D eigenvalue weighted by Gasteiger charge is -2.36. The fraction of sp³-hybridized carbons (Fsp3) is 0.696. The molecule has 2 N–H and O–H groups in total. The van der Waals surface area contributed by atoms with Crippen LogP contribution in [0.2, 0.25) is 0 Å². The van der Waals surface area contributed by atoms with Crippen molar-refractivity contribution in [3.8, 4) is 11.5 Å². The van der Waals surface area contributed by atoms with Crippen LogP contribution in [0.1, 0.15) is 39.2 Å². The molecule has 2 aliphatic rings. The molecule has 1 saturated heterocycles. The van der Waals surface area contributed by atoms with Crippen molar-refractivity contribution >= 4 is 5.96 Å². The molecule has 0 spiro atoms. The van der Waals surface area contributed by atoms with Gasteiger partial charge < -0.3 is 24.8 Å². The highest BCUT2D eigenvalue weighted by Gasteiger charge is 2.21. The van der Waals surface area contributed by atoms with E-state index >= 15 is 0 Å². The third-order valence-corrected chi connectivity index (χ3v) is 5.69. The van der Waals surface area contributed by atoms with E-state index < -0.39 is 0 Å². The van der Waals surface area contributed by atoms with Gasteiger partial charge in [0.25, 0.3) is 0 Å². The Morgan fingerprint density at radius 2 is 1.93 bits per heavy atom. The lowest BCUT2D eigenvalue weighted by molar-refractivity contribution is 0.170. The van der Waals surface area contributed by atoms with Crippen molar-refractivity contribution in [1.29, 1.82) is 0 Å². The maximum Gasteiger partial charge on any atom is 0.231 e. The van der Waals surface area contributed by atoms with Crippen LogP contribution in [0.4, 0.5) is 0 Å². The standard InChI is InChI=1S/C23H38N4O3/c1-4-24-23(25-15-19(7-12-28)13-18(2)3)27-10-8-26(9-11-27)16-20-5-6-21-22(14-20)30-17-29-21/h5-6,14,18-19,28H,4,7-13,15-17H2,1-3H3,(H,24,25). The number of hydrogen-bond donors (Lipinski definition) is 2. The molecule has 0 bridgehead atoms. The summed E-state index contributed by atoms with van der Waals surface area (Å²) in [5, 5.41) is 12.8. The number of fused-ring (bicyclic) bond motifs is 1. The Bertz CT molecular complexity index is 687. The first kappa shape index (κ1) is 22.7. The number of hydrogen-bond acceptors (Lipinski definition) is 5. The number of ether oxygens (including phenoxy) is 2. The molecule has 3 rings (SSSR count). The predicted molar refractivity (Wildman–Crippen MR) is 120 cm³/mol. The van der Waals surface area contributed by atoms with Gasteiger partial charge in [0, 0.05) is 52.4 Å². The molecule has 1 fully saturated rings. The second-order valence-electron chi connectivity index (χ2n) is 8.65. The molecule has 7 heteroatoms. The molecule has 1 unspecified atom stereocenters. The summed E-state index contributed by atoms with van der Waals surface area (Å²) in [7, 11) is 0. The summed E-state index contributed by atoms with van der Waals surface area (Å²) in [5.74, 6) is 3.76. The highest BCUT2D eigenvalue weighted by atomic mass is 16.7. The summed E-state index contributed by atoms with van der Waals surface area (Å²) in [5.41, 5.74) is 1.26. The number of aliphatic hydroxyl groups is 1. The van der Waals surface area contributed by atoms with E-state index in [0.29, 0.717) is 18.6 Å². The second-order valence-corrected chi connectivity index (χ2v) is 8.65. The molecule has 0 saturated carbocycles. The van der Waals surface area contributed by atoms with Crippen LogP contribution in [0, 0.1) is 11.8 Å². The summed E-state index contributed by atoms with van der Waals surface area (Å²) in [6, 6.07) is 6.22. The van der Waals surface area contributed by atoms with Crippen LogP contribution in [0.15, 0.2) is 23.2 Å². The Labute approximate surface area is 181 Å². The maximum atomic E-state index is 9.37. The van der Waals surface area contributed by atoms with Crippen LogP contribution in [0.3, 0.4) is 0 Å². The minimum Gasteiger partial charge on any atom is -0.454 e. The lowest BCUT2D eigenvalue weighted by atomic mass is 9.94. The fourth-order valence-electron chi connectivity index (χ4n) is 4.19. The molecule has 168 valence electrons. The van der Waals surface area contributed by atoms with Crippen molar-refractivity contribution < 1.29 is 14.6 Å². The van der Waals surface area contributed by atoms with E-state index in [4.69, 9.17) is 14.5 Å². The van der Waals surface area contributed by atoms with E-state index in [2.05, 4.69) is 48.0 Å². The predicted octanol–water partition coefficient (Wildman–Crippen LogP) is 2.54. The zero-order chi connectivity index (χ0) is 21.3. The first-order valence-corrected chi connectivity index (χ1v) is 11.3. The minimum absolute atomic E-state index is 0.238. The molecule has 0 radical (unpaired) electrons. The van der Waals surface area contributed by atoms with Gasteiger partial charge in [-0.15, -0.1) is 0 Å². The molecule has 30 heavy (non-hydrogen) atoms.